The Labute approximate surface area is 92.3 Å². The molecule has 80 valence electrons. The predicted octanol–water partition coefficient (Wildman–Crippen LogP) is -0.367. The molecule has 15 heavy (non-hydrogen) atoms. The van der Waals surface area contributed by atoms with Gasteiger partial charge in [-0.15, -0.1) is 0 Å². The summed E-state index contributed by atoms with van der Waals surface area (Å²) < 4.78 is 11.3. The van der Waals surface area contributed by atoms with Crippen LogP contribution in [0.4, 0.5) is 0 Å². The zero-order chi connectivity index (χ0) is 10.7. The van der Waals surface area contributed by atoms with Crippen LogP contribution in [-0.4, -0.2) is 23.6 Å². The molecule has 5 heteroatoms. The van der Waals surface area contributed by atoms with Gasteiger partial charge in [0.15, 0.2) is 11.5 Å². The molecule has 2 rings (SSSR count). The number of fused-ring (bicyclic) bond motifs is 1. The molecule has 0 aliphatic carbocycles. The molecule has 1 aromatic rings. The van der Waals surface area contributed by atoms with E-state index in [1.54, 1.807) is 0 Å². The van der Waals surface area contributed by atoms with Gasteiger partial charge in [0.1, 0.15) is 12.7 Å². The smallest absolute Gasteiger partial charge is 0.299 e. The van der Waals surface area contributed by atoms with Gasteiger partial charge in [0.25, 0.3) is 5.17 Å². The van der Waals surface area contributed by atoms with E-state index in [0.29, 0.717) is 17.5 Å². The van der Waals surface area contributed by atoms with Crippen molar-refractivity contribution in [3.63, 3.8) is 0 Å². The molecule has 0 saturated heterocycles. The third kappa shape index (κ3) is 2.56. The van der Waals surface area contributed by atoms with Crippen molar-refractivity contribution in [3.8, 4) is 11.5 Å². The topological polar surface area (TPSA) is 70.1 Å². The van der Waals surface area contributed by atoms with Crippen molar-refractivity contribution >= 4 is 16.9 Å². The third-order valence-electron chi connectivity index (χ3n) is 2.00. The highest BCUT2D eigenvalue weighted by atomic mass is 32.2. The molecule has 4 N–H and O–H groups in total. The maximum absolute atomic E-state index is 5.71. The van der Waals surface area contributed by atoms with Gasteiger partial charge in [0.05, 0.1) is 0 Å². The summed E-state index contributed by atoms with van der Waals surface area (Å²) in [6.45, 7) is 0.539. The van der Waals surface area contributed by atoms with E-state index in [0.717, 1.165) is 11.5 Å². The summed E-state index contributed by atoms with van der Waals surface area (Å²) in [5, 5.41) is 5.72. The highest BCUT2D eigenvalue weighted by molar-refractivity contribution is 8.13. The van der Waals surface area contributed by atoms with E-state index in [1.165, 1.54) is 11.8 Å². The molecule has 4 nitrogen and oxygen atoms in total. The van der Waals surface area contributed by atoms with Crippen LogP contribution in [0.25, 0.3) is 0 Å². The summed E-state index contributed by atoms with van der Waals surface area (Å²) >= 11 is 1.38. The summed E-state index contributed by atoms with van der Waals surface area (Å²) in [6, 6.07) is 7.62. The fourth-order valence-corrected chi connectivity index (χ4v) is 1.88. The van der Waals surface area contributed by atoms with Gasteiger partial charge < -0.3 is 9.47 Å². The largest absolute Gasteiger partial charge is 0.486 e. The highest BCUT2D eigenvalue weighted by Gasteiger charge is 2.21. The first kappa shape index (κ1) is 10.2. The van der Waals surface area contributed by atoms with Gasteiger partial charge in [-0.3, -0.25) is 11.1 Å². The van der Waals surface area contributed by atoms with Crippen molar-refractivity contribution in [1.29, 1.82) is 0 Å². The van der Waals surface area contributed by atoms with Crippen LogP contribution in [-0.2, 0) is 0 Å². The normalized spacial score (nSPS) is 18.5. The lowest BCUT2D eigenvalue weighted by Gasteiger charge is -2.25. The molecule has 1 heterocycles. The number of nitrogens with two attached hydrogens (primary N) is 2. The fourth-order valence-electron chi connectivity index (χ4n) is 1.33. The lowest BCUT2D eigenvalue weighted by Crippen LogP contribution is -2.44. The van der Waals surface area contributed by atoms with Crippen LogP contribution in [0.2, 0.25) is 0 Å². The first-order valence-corrected chi connectivity index (χ1v) is 5.63. The van der Waals surface area contributed by atoms with Crippen molar-refractivity contribution in [2.75, 3.05) is 12.4 Å². The average molecular weight is 225 g/mol. The van der Waals surface area contributed by atoms with Crippen LogP contribution < -0.4 is 20.6 Å². The first-order valence-electron chi connectivity index (χ1n) is 4.65. The van der Waals surface area contributed by atoms with Gasteiger partial charge in [-0.1, -0.05) is 12.1 Å². The fraction of sp³-hybridized carbons (Fsp3) is 0.300. The van der Waals surface area contributed by atoms with E-state index in [1.807, 2.05) is 24.3 Å². The van der Waals surface area contributed by atoms with Crippen molar-refractivity contribution < 1.29 is 14.9 Å². The van der Waals surface area contributed by atoms with Gasteiger partial charge in [-0.05, 0) is 23.9 Å². The van der Waals surface area contributed by atoms with Crippen LogP contribution in [0.5, 0.6) is 11.5 Å². The van der Waals surface area contributed by atoms with Gasteiger partial charge in [-0.2, -0.15) is 0 Å². The summed E-state index contributed by atoms with van der Waals surface area (Å²) in [6.07, 6.45) is 0.00648. The number of hydrogen-bond donors (Lipinski definition) is 2. The molecule has 0 unspecified atom stereocenters. The number of rotatable bonds is 2. The van der Waals surface area contributed by atoms with E-state index in [2.05, 4.69) is 0 Å². The van der Waals surface area contributed by atoms with Crippen molar-refractivity contribution in [1.82, 2.24) is 0 Å². The minimum Gasteiger partial charge on any atom is -0.486 e. The minimum atomic E-state index is 0.00648. The molecule has 1 aliphatic heterocycles. The summed E-state index contributed by atoms with van der Waals surface area (Å²) in [5.74, 6) is 2.28. The first-order chi connectivity index (χ1) is 7.25. The van der Waals surface area contributed by atoms with Crippen LogP contribution in [0.3, 0.4) is 0 Å². The Bertz CT molecular complexity index is 370. The van der Waals surface area contributed by atoms with Gasteiger partial charge in [0.2, 0.25) is 0 Å². The van der Waals surface area contributed by atoms with E-state index >= 15 is 0 Å². The SMILES string of the molecule is NC(=[NH2+])SC[C@@H]1COc2ccccc2O1. The van der Waals surface area contributed by atoms with Crippen LogP contribution in [0, 0.1) is 0 Å². The number of thioether (sulfide) groups is 1. The van der Waals surface area contributed by atoms with Crippen LogP contribution in [0.15, 0.2) is 24.3 Å². The molecule has 1 aliphatic rings. The Kier molecular flexibility index (Phi) is 3.01. The van der Waals surface area contributed by atoms with Crippen LogP contribution in [0.1, 0.15) is 0 Å². The summed E-state index contributed by atoms with van der Waals surface area (Å²) in [4.78, 5) is 0. The number of hydrogen-bond acceptors (Lipinski definition) is 3. The Hall–Kier alpha value is -1.36. The number of amidine groups is 1. The average Bonchev–Trinajstić information content (AvgIpc) is 2.26. The second-order valence-electron chi connectivity index (χ2n) is 3.21. The second-order valence-corrected chi connectivity index (χ2v) is 4.30. The molecule has 0 radical (unpaired) electrons. The molecular formula is C10H13N2O2S+. The lowest BCUT2D eigenvalue weighted by molar-refractivity contribution is -0.110. The van der Waals surface area contributed by atoms with E-state index in [4.69, 9.17) is 20.6 Å². The minimum absolute atomic E-state index is 0.00648. The van der Waals surface area contributed by atoms with Crippen molar-refractivity contribution in [3.05, 3.63) is 24.3 Å². The summed E-state index contributed by atoms with van der Waals surface area (Å²) in [7, 11) is 0. The predicted molar refractivity (Wildman–Crippen MR) is 59.9 cm³/mol. The maximum Gasteiger partial charge on any atom is 0.299 e. The number of para-hydroxylation sites is 2. The number of ether oxygens (including phenoxy) is 2. The van der Waals surface area contributed by atoms with E-state index in [-0.39, 0.29) is 6.10 Å². The monoisotopic (exact) mass is 225 g/mol. The molecule has 0 spiro atoms. The molecule has 0 aromatic heterocycles. The zero-order valence-electron chi connectivity index (χ0n) is 8.18. The maximum atomic E-state index is 5.71. The van der Waals surface area contributed by atoms with E-state index in [9.17, 15) is 0 Å². The van der Waals surface area contributed by atoms with Gasteiger partial charge >= 0.3 is 0 Å². The molecule has 0 amide bonds. The number of benzene rings is 1. The lowest BCUT2D eigenvalue weighted by atomic mass is 10.3. The molecule has 0 fully saturated rings. The Morgan fingerprint density at radius 2 is 2.20 bits per heavy atom. The second kappa shape index (κ2) is 4.44. The van der Waals surface area contributed by atoms with E-state index < -0.39 is 0 Å². The Morgan fingerprint density at radius 1 is 1.47 bits per heavy atom. The molecule has 1 atom stereocenters. The molecule has 0 saturated carbocycles. The zero-order valence-corrected chi connectivity index (χ0v) is 9.00. The van der Waals surface area contributed by atoms with Crippen molar-refractivity contribution in [2.24, 2.45) is 5.73 Å². The molecule has 0 bridgehead atoms. The standard InChI is InChI=1S/C10H12N2O2S/c11-10(12)15-6-7-5-13-8-3-1-2-4-9(8)14-7/h1-4,7H,5-6H2,(H3,11,12)/p+1/t7-/m0/s1. The van der Waals surface area contributed by atoms with Gasteiger partial charge in [-0.25, -0.2) is 0 Å². The molecular weight excluding hydrogens is 212 g/mol. The third-order valence-corrected chi connectivity index (χ3v) is 2.88. The van der Waals surface area contributed by atoms with Gasteiger partial charge in [0, 0.05) is 5.75 Å². The van der Waals surface area contributed by atoms with Crippen LogP contribution >= 0.6 is 11.8 Å². The Morgan fingerprint density at radius 3 is 2.93 bits per heavy atom. The summed E-state index contributed by atoms with van der Waals surface area (Å²) in [5.41, 5.74) is 5.37. The quantitative estimate of drug-likeness (QED) is 0.532. The van der Waals surface area contributed by atoms with Crippen molar-refractivity contribution in [2.45, 2.75) is 6.10 Å². The highest BCUT2D eigenvalue weighted by Crippen LogP contribution is 2.31. The molecule has 1 aromatic carbocycles. The Balaban J connectivity index is 1.96.